The fourth-order valence-electron chi connectivity index (χ4n) is 3.13. The summed E-state index contributed by atoms with van der Waals surface area (Å²) in [5, 5.41) is 2.79. The lowest BCUT2D eigenvalue weighted by molar-refractivity contribution is -0.137. The summed E-state index contributed by atoms with van der Waals surface area (Å²) in [4.78, 5) is 12.9. The van der Waals surface area contributed by atoms with E-state index in [4.69, 9.17) is 11.5 Å². The number of alkyl halides is 3. The van der Waals surface area contributed by atoms with Crippen LogP contribution in [0.3, 0.4) is 0 Å². The van der Waals surface area contributed by atoms with Gasteiger partial charge in [-0.1, -0.05) is 42.0 Å². The zero-order valence-electron chi connectivity index (χ0n) is 15.9. The van der Waals surface area contributed by atoms with Gasteiger partial charge in [-0.2, -0.15) is 13.2 Å². The highest BCUT2D eigenvalue weighted by Crippen LogP contribution is 2.32. The third-order valence-electron chi connectivity index (χ3n) is 4.79. The second-order valence-corrected chi connectivity index (χ2v) is 7.06. The Hall–Kier alpha value is -2.38. The minimum atomic E-state index is -4.40. The van der Waals surface area contributed by atoms with Crippen LogP contribution in [0.4, 0.5) is 13.2 Å². The van der Waals surface area contributed by atoms with Crippen LogP contribution in [0.1, 0.15) is 22.3 Å². The predicted molar refractivity (Wildman–Crippen MR) is 104 cm³/mol. The van der Waals surface area contributed by atoms with Gasteiger partial charge in [0.2, 0.25) is 5.91 Å². The van der Waals surface area contributed by atoms with Crippen molar-refractivity contribution in [3.63, 3.8) is 0 Å². The normalized spacial score (nSPS) is 13.8. The summed E-state index contributed by atoms with van der Waals surface area (Å²) < 4.78 is 38.4. The zero-order chi connectivity index (χ0) is 20.8. The number of nitrogens with one attached hydrogen (secondary N) is 1. The molecule has 0 spiro atoms. The summed E-state index contributed by atoms with van der Waals surface area (Å²) in [6.45, 7) is 2.62. The molecule has 5 N–H and O–H groups in total. The molecule has 0 aliphatic carbocycles. The van der Waals surface area contributed by atoms with Gasteiger partial charge in [0.15, 0.2) is 0 Å². The Morgan fingerprint density at radius 3 is 1.86 bits per heavy atom. The van der Waals surface area contributed by atoms with Crippen LogP contribution in [0.5, 0.6) is 0 Å². The van der Waals surface area contributed by atoms with Crippen LogP contribution in [-0.4, -0.2) is 25.5 Å². The van der Waals surface area contributed by atoms with E-state index < -0.39 is 17.2 Å². The van der Waals surface area contributed by atoms with Crippen molar-refractivity contribution < 1.29 is 18.0 Å². The van der Waals surface area contributed by atoms with Gasteiger partial charge in [-0.15, -0.1) is 0 Å². The topological polar surface area (TPSA) is 81.1 Å². The molecule has 28 heavy (non-hydrogen) atoms. The predicted octanol–water partition coefficient (Wildman–Crippen LogP) is 2.82. The molecule has 0 fully saturated rings. The largest absolute Gasteiger partial charge is 0.416 e. The minimum absolute atomic E-state index is 0.0539. The van der Waals surface area contributed by atoms with E-state index in [2.05, 4.69) is 5.32 Å². The highest BCUT2D eigenvalue weighted by molar-refractivity contribution is 5.83. The molecular weight excluding hydrogens is 367 g/mol. The lowest BCUT2D eigenvalue weighted by atomic mass is 9.75. The molecule has 0 aliphatic rings. The fraction of sp³-hybridized carbons (Fsp3) is 0.381. The summed E-state index contributed by atoms with van der Waals surface area (Å²) in [6, 6.07) is 12.6. The van der Waals surface area contributed by atoms with E-state index >= 15 is 0 Å². The maximum atomic E-state index is 12.9. The van der Waals surface area contributed by atoms with Crippen molar-refractivity contribution >= 4 is 5.91 Å². The number of aryl methyl sites for hydroxylation is 1. The monoisotopic (exact) mass is 393 g/mol. The van der Waals surface area contributed by atoms with Crippen molar-refractivity contribution in [1.82, 2.24) is 5.32 Å². The van der Waals surface area contributed by atoms with Gasteiger partial charge in [-0.3, -0.25) is 4.79 Å². The van der Waals surface area contributed by atoms with Crippen molar-refractivity contribution in [1.29, 1.82) is 0 Å². The van der Waals surface area contributed by atoms with Gasteiger partial charge in [0.1, 0.15) is 0 Å². The standard InChI is InChI=1S/C21H26F3N3O/c1-15-2-4-16(5-3-15)12-20(14-26,19(28)27-11-10-25)13-17-6-8-18(9-7-17)21(22,23)24/h2-9H,10-14,25-26H2,1H3,(H,27,28). The SMILES string of the molecule is Cc1ccc(CC(CN)(Cc2ccc(C(F)(F)F)cc2)C(=O)NCCN)cc1. The number of amides is 1. The van der Waals surface area contributed by atoms with Crippen LogP contribution in [0.2, 0.25) is 0 Å². The van der Waals surface area contributed by atoms with Crippen LogP contribution in [0, 0.1) is 12.3 Å². The molecule has 2 rings (SSSR count). The molecule has 2 aromatic carbocycles. The van der Waals surface area contributed by atoms with Crippen LogP contribution in [0.25, 0.3) is 0 Å². The van der Waals surface area contributed by atoms with Crippen molar-refractivity contribution in [2.24, 2.45) is 16.9 Å². The average Bonchev–Trinajstić information content (AvgIpc) is 2.67. The second kappa shape index (κ2) is 9.21. The maximum Gasteiger partial charge on any atom is 0.416 e. The Morgan fingerprint density at radius 1 is 0.929 bits per heavy atom. The Bertz CT molecular complexity index is 773. The average molecular weight is 393 g/mol. The molecule has 0 aliphatic heterocycles. The lowest BCUT2D eigenvalue weighted by Gasteiger charge is -2.32. The van der Waals surface area contributed by atoms with E-state index in [1.54, 1.807) is 0 Å². The van der Waals surface area contributed by atoms with Gasteiger partial charge in [0.05, 0.1) is 11.0 Å². The van der Waals surface area contributed by atoms with Gasteiger partial charge >= 0.3 is 6.18 Å². The van der Waals surface area contributed by atoms with Crippen LogP contribution < -0.4 is 16.8 Å². The molecule has 0 bridgehead atoms. The number of hydrogen-bond donors (Lipinski definition) is 3. The number of hydrogen-bond acceptors (Lipinski definition) is 3. The molecule has 152 valence electrons. The van der Waals surface area contributed by atoms with E-state index in [1.165, 1.54) is 12.1 Å². The summed E-state index contributed by atoms with van der Waals surface area (Å²) >= 11 is 0. The third kappa shape index (κ3) is 5.56. The zero-order valence-corrected chi connectivity index (χ0v) is 15.9. The third-order valence-corrected chi connectivity index (χ3v) is 4.79. The van der Waals surface area contributed by atoms with Gasteiger partial charge in [-0.25, -0.2) is 0 Å². The van der Waals surface area contributed by atoms with Crippen molar-refractivity contribution in [3.8, 4) is 0 Å². The first-order valence-electron chi connectivity index (χ1n) is 9.10. The van der Waals surface area contributed by atoms with Gasteiger partial charge in [0.25, 0.3) is 0 Å². The molecule has 1 amide bonds. The Morgan fingerprint density at radius 2 is 1.43 bits per heavy atom. The molecule has 2 aromatic rings. The van der Waals surface area contributed by atoms with E-state index in [-0.39, 0.29) is 25.4 Å². The van der Waals surface area contributed by atoms with Gasteiger partial charge in [0, 0.05) is 19.6 Å². The highest BCUT2D eigenvalue weighted by Gasteiger charge is 2.38. The van der Waals surface area contributed by atoms with Crippen molar-refractivity contribution in [3.05, 3.63) is 70.8 Å². The van der Waals surface area contributed by atoms with Crippen molar-refractivity contribution in [2.45, 2.75) is 25.9 Å². The number of carbonyl (C=O) groups is 1. The second-order valence-electron chi connectivity index (χ2n) is 7.06. The molecule has 0 radical (unpaired) electrons. The van der Waals surface area contributed by atoms with E-state index in [0.717, 1.165) is 23.3 Å². The Labute approximate surface area is 163 Å². The Kier molecular flexibility index (Phi) is 7.21. The fourth-order valence-corrected chi connectivity index (χ4v) is 3.13. The van der Waals surface area contributed by atoms with Crippen LogP contribution >= 0.6 is 0 Å². The maximum absolute atomic E-state index is 12.9. The number of halogens is 3. The first-order chi connectivity index (χ1) is 13.2. The molecule has 4 nitrogen and oxygen atoms in total. The molecule has 1 atom stereocenters. The smallest absolute Gasteiger partial charge is 0.354 e. The molecule has 7 heteroatoms. The van der Waals surface area contributed by atoms with E-state index in [9.17, 15) is 18.0 Å². The quantitative estimate of drug-likeness (QED) is 0.645. The lowest BCUT2D eigenvalue weighted by Crippen LogP contribution is -2.50. The summed E-state index contributed by atoms with van der Waals surface area (Å²) in [7, 11) is 0. The number of rotatable bonds is 8. The summed E-state index contributed by atoms with van der Waals surface area (Å²) in [5.74, 6) is -0.249. The van der Waals surface area contributed by atoms with Crippen LogP contribution in [-0.2, 0) is 23.8 Å². The molecule has 1 unspecified atom stereocenters. The van der Waals surface area contributed by atoms with Gasteiger partial charge < -0.3 is 16.8 Å². The molecule has 0 saturated heterocycles. The van der Waals surface area contributed by atoms with E-state index in [1.807, 2.05) is 31.2 Å². The molecule has 0 saturated carbocycles. The summed E-state index contributed by atoms with van der Waals surface area (Å²) in [5.41, 5.74) is 12.5. The number of benzene rings is 2. The molecular formula is C21H26F3N3O. The Balaban J connectivity index is 2.33. The number of nitrogens with two attached hydrogens (primary N) is 2. The molecule has 0 heterocycles. The minimum Gasteiger partial charge on any atom is -0.354 e. The molecule has 0 aromatic heterocycles. The highest BCUT2D eigenvalue weighted by atomic mass is 19.4. The first-order valence-corrected chi connectivity index (χ1v) is 9.10. The summed E-state index contributed by atoms with van der Waals surface area (Å²) in [6.07, 6.45) is -3.79. The van der Waals surface area contributed by atoms with Gasteiger partial charge in [-0.05, 0) is 43.0 Å². The van der Waals surface area contributed by atoms with E-state index in [0.29, 0.717) is 18.5 Å². The first kappa shape index (κ1) is 21.9. The van der Waals surface area contributed by atoms with Crippen molar-refractivity contribution in [2.75, 3.05) is 19.6 Å². The van der Waals surface area contributed by atoms with Crippen LogP contribution in [0.15, 0.2) is 48.5 Å². The number of carbonyl (C=O) groups excluding carboxylic acids is 1.